The fourth-order valence-electron chi connectivity index (χ4n) is 0. The summed E-state index contributed by atoms with van der Waals surface area (Å²) in [5, 5.41) is 0. The van der Waals surface area contributed by atoms with E-state index < -0.39 is 0 Å². The van der Waals surface area contributed by atoms with E-state index in [0.717, 1.165) is 0 Å². The summed E-state index contributed by atoms with van der Waals surface area (Å²) < 4.78 is 0. The molecule has 0 spiro atoms. The second kappa shape index (κ2) is 49.4. The first-order chi connectivity index (χ1) is 0. The summed E-state index contributed by atoms with van der Waals surface area (Å²) in [6.45, 7) is 0. The van der Waals surface area contributed by atoms with E-state index in [1.807, 2.05) is 0 Å². The average Bonchev–Trinajstić information content (AvgIpc) is 0. The maximum absolute atomic E-state index is 0. The molecule has 0 bridgehead atoms. The van der Waals surface area contributed by atoms with Crippen molar-refractivity contribution in [3.63, 3.8) is 0 Å². The van der Waals surface area contributed by atoms with Crippen molar-refractivity contribution in [2.24, 2.45) is 0 Å². The van der Waals surface area contributed by atoms with E-state index in [9.17, 15) is 0 Å². The molecule has 0 aliphatic rings. The molecule has 0 saturated carbocycles. The molecule has 0 aliphatic carbocycles. The van der Waals surface area contributed by atoms with Crippen LogP contribution in [0.3, 0.4) is 0 Å². The SMILES string of the molecule is [O-2].[O-2].[O-2].[O-2].[Rb+].[Rb+].[W+6]. The normalized spacial score (nSPS) is 0. The summed E-state index contributed by atoms with van der Waals surface area (Å²) in [4.78, 5) is 0. The van der Waals surface area contributed by atoms with Crippen molar-refractivity contribution in [1.29, 1.82) is 0 Å². The molecule has 0 aromatic heterocycles. The fraction of sp³-hybridized carbons (Fsp3) is 0. The molecule has 0 unspecified atom stereocenters. The van der Waals surface area contributed by atoms with Crippen molar-refractivity contribution in [3.05, 3.63) is 0 Å². The van der Waals surface area contributed by atoms with Crippen LogP contribution < -0.4 is 116 Å². The Balaban J connectivity index is 0. The van der Waals surface area contributed by atoms with Gasteiger partial charge in [-0.2, -0.15) is 0 Å². The predicted molar refractivity (Wildman–Crippen MR) is 2.75 cm³/mol. The molecule has 0 amide bonds. The minimum Gasteiger partial charge on any atom is -2.00 e. The van der Waals surface area contributed by atoms with Crippen LogP contribution >= 0.6 is 0 Å². The molecular weight excluding hydrogens is 419 g/mol. The molecule has 0 fully saturated rings. The molecule has 0 aromatic carbocycles. The Bertz CT molecular complexity index is 9.65. The average molecular weight is 419 g/mol. The largest absolute Gasteiger partial charge is 6.00 e. The van der Waals surface area contributed by atoms with Crippen LogP contribution in [0.1, 0.15) is 0 Å². The smallest absolute Gasteiger partial charge is 2.00 e. The van der Waals surface area contributed by atoms with Gasteiger partial charge in [0.15, 0.2) is 0 Å². The Morgan fingerprint density at radius 1 is 0.429 bits per heavy atom. The topological polar surface area (TPSA) is 114 Å². The molecule has 0 aromatic rings. The van der Waals surface area contributed by atoms with E-state index >= 15 is 0 Å². The van der Waals surface area contributed by atoms with Crippen LogP contribution in [0.4, 0.5) is 0 Å². The van der Waals surface area contributed by atoms with Crippen LogP contribution in [-0.4, -0.2) is 0 Å². The summed E-state index contributed by atoms with van der Waals surface area (Å²) in [5.74, 6) is 0. The first-order valence-corrected chi connectivity index (χ1v) is 0. The summed E-state index contributed by atoms with van der Waals surface area (Å²) in [7, 11) is 0. The number of hydrogen-bond donors (Lipinski definition) is 0. The van der Waals surface area contributed by atoms with E-state index in [4.69, 9.17) is 0 Å². The Hall–Kier alpha value is 4.14. The predicted octanol–water partition coefficient (Wildman–Crippen LogP) is -6.47. The van der Waals surface area contributed by atoms with Gasteiger partial charge in [0.2, 0.25) is 0 Å². The molecule has 0 saturated heterocycles. The van der Waals surface area contributed by atoms with Gasteiger partial charge in [-0.3, -0.25) is 0 Å². The first kappa shape index (κ1) is 66.8. The molecule has 0 radical (unpaired) electrons. The first-order valence-electron chi connectivity index (χ1n) is 0. The van der Waals surface area contributed by atoms with E-state index in [1.165, 1.54) is 0 Å². The van der Waals surface area contributed by atoms with Gasteiger partial charge in [-0.15, -0.1) is 0 Å². The molecular formula is O4Rb2W. The molecule has 0 N–H and O–H groups in total. The molecule has 32 valence electrons. The van der Waals surface area contributed by atoms with Crippen molar-refractivity contribution >= 4 is 0 Å². The van der Waals surface area contributed by atoms with Crippen molar-refractivity contribution in [1.82, 2.24) is 0 Å². The van der Waals surface area contributed by atoms with Gasteiger partial charge in [-0.25, -0.2) is 0 Å². The van der Waals surface area contributed by atoms with Gasteiger partial charge in [0.05, 0.1) is 0 Å². The van der Waals surface area contributed by atoms with Gasteiger partial charge in [0.1, 0.15) is 0 Å². The van der Waals surface area contributed by atoms with Gasteiger partial charge in [-0.05, 0) is 0 Å². The van der Waals surface area contributed by atoms with Crippen molar-refractivity contribution in [3.8, 4) is 0 Å². The third-order valence-electron chi connectivity index (χ3n) is 0. The second-order valence-corrected chi connectivity index (χ2v) is 0. The molecule has 0 rings (SSSR count). The van der Waals surface area contributed by atoms with Crippen LogP contribution in [0.25, 0.3) is 0 Å². The zero-order valence-electron chi connectivity index (χ0n) is 4.04. The third-order valence-corrected chi connectivity index (χ3v) is 0. The van der Waals surface area contributed by atoms with Crippen molar-refractivity contribution in [2.45, 2.75) is 0 Å². The number of hydrogen-bond acceptors (Lipinski definition) is 0. The fourth-order valence-corrected chi connectivity index (χ4v) is 0. The van der Waals surface area contributed by atoms with Gasteiger partial charge in [0, 0.05) is 0 Å². The summed E-state index contributed by atoms with van der Waals surface area (Å²) in [5.41, 5.74) is 0. The molecule has 0 atom stereocenters. The molecule has 7 heteroatoms. The van der Waals surface area contributed by atoms with Crippen LogP contribution in [0.5, 0.6) is 0 Å². The standard InChI is InChI=1S/4O.2Rb.W/q4*-2;2*+1;+6. The zero-order chi connectivity index (χ0) is 0. The second-order valence-electron chi connectivity index (χ2n) is 0. The maximum atomic E-state index is 0. The summed E-state index contributed by atoms with van der Waals surface area (Å²) in [6.07, 6.45) is 0. The van der Waals surface area contributed by atoms with Gasteiger partial charge >= 0.3 is 137 Å². The maximum Gasteiger partial charge on any atom is 6.00 e. The third kappa shape index (κ3) is 39.2. The zero-order valence-corrected chi connectivity index (χ0v) is 16.8. The Labute approximate surface area is 154 Å². The molecule has 7 heavy (non-hydrogen) atoms. The van der Waals surface area contributed by atoms with Gasteiger partial charge in [-0.1, -0.05) is 0 Å². The van der Waals surface area contributed by atoms with Crippen LogP contribution in [0.2, 0.25) is 0 Å². The molecule has 0 heterocycles. The van der Waals surface area contributed by atoms with E-state index in [1.54, 1.807) is 0 Å². The van der Waals surface area contributed by atoms with E-state index in [-0.39, 0.29) is 159 Å². The van der Waals surface area contributed by atoms with E-state index in [2.05, 4.69) is 0 Å². The van der Waals surface area contributed by atoms with Crippen molar-refractivity contribution < 1.29 is 159 Å². The minimum atomic E-state index is 0. The monoisotopic (exact) mass is 418 g/mol. The quantitative estimate of drug-likeness (QED) is 0.372. The Morgan fingerprint density at radius 3 is 0.429 bits per heavy atom. The van der Waals surface area contributed by atoms with Crippen molar-refractivity contribution in [2.75, 3.05) is 0 Å². The minimum absolute atomic E-state index is 0. The van der Waals surface area contributed by atoms with Gasteiger partial charge < -0.3 is 21.9 Å². The van der Waals surface area contributed by atoms with Crippen LogP contribution in [-0.2, 0) is 43.0 Å². The van der Waals surface area contributed by atoms with Crippen LogP contribution in [0, 0.1) is 0 Å². The van der Waals surface area contributed by atoms with E-state index in [0.29, 0.717) is 0 Å². The Kier molecular flexibility index (Phi) is 472. The summed E-state index contributed by atoms with van der Waals surface area (Å²) in [6, 6.07) is 0. The molecule has 4 nitrogen and oxygen atoms in total. The molecule has 0 aliphatic heterocycles. The summed E-state index contributed by atoms with van der Waals surface area (Å²) >= 11 is 0. The number of rotatable bonds is 0. The van der Waals surface area contributed by atoms with Crippen LogP contribution in [0.15, 0.2) is 0 Å². The van der Waals surface area contributed by atoms with Gasteiger partial charge in [0.25, 0.3) is 0 Å². The Morgan fingerprint density at radius 2 is 0.429 bits per heavy atom.